The number of halogens is 1. The maximum atomic E-state index is 12.1. The molecule has 0 saturated carbocycles. The van der Waals surface area contributed by atoms with Crippen molar-refractivity contribution >= 4 is 23.4 Å². The Balaban J connectivity index is 1.87. The highest BCUT2D eigenvalue weighted by molar-refractivity contribution is 6.32. The molecule has 0 unspecified atom stereocenters. The van der Waals surface area contributed by atoms with Gasteiger partial charge >= 0.3 is 0 Å². The summed E-state index contributed by atoms with van der Waals surface area (Å²) in [5.74, 6) is 0.105. The number of nitrogens with zero attached hydrogens (tertiary/aromatic N) is 2. The molecular weight excluding hydrogens is 370 g/mol. The lowest BCUT2D eigenvalue weighted by molar-refractivity contribution is -0.141. The van der Waals surface area contributed by atoms with E-state index in [9.17, 15) is 14.7 Å². The first-order chi connectivity index (χ1) is 12.8. The van der Waals surface area contributed by atoms with E-state index in [2.05, 4.69) is 5.32 Å². The number of benzene rings is 1. The van der Waals surface area contributed by atoms with Crippen molar-refractivity contribution in [2.24, 2.45) is 0 Å². The number of likely N-dealkylation sites (N-methyl/N-ethyl adjacent to an activating group) is 1. The Kier molecular flexibility index (Phi) is 7.89. The molecule has 2 rings (SSSR count). The average Bonchev–Trinajstić information content (AvgIpc) is 2.63. The van der Waals surface area contributed by atoms with E-state index < -0.39 is 6.10 Å². The molecule has 1 atom stereocenters. The van der Waals surface area contributed by atoms with Crippen LogP contribution in [0.4, 0.5) is 0 Å². The van der Waals surface area contributed by atoms with E-state index in [1.165, 1.54) is 6.92 Å². The third kappa shape index (κ3) is 6.37. The van der Waals surface area contributed by atoms with Crippen LogP contribution >= 0.6 is 11.6 Å². The van der Waals surface area contributed by atoms with Crippen molar-refractivity contribution in [3.8, 4) is 5.75 Å². The van der Waals surface area contributed by atoms with Crippen LogP contribution in [0.3, 0.4) is 0 Å². The summed E-state index contributed by atoms with van der Waals surface area (Å²) >= 11 is 6.29. The van der Waals surface area contributed by atoms with Crippen LogP contribution in [0, 0.1) is 0 Å². The Morgan fingerprint density at radius 3 is 2.59 bits per heavy atom. The second-order valence-electron chi connectivity index (χ2n) is 7.02. The number of rotatable bonds is 7. The van der Waals surface area contributed by atoms with E-state index in [-0.39, 0.29) is 17.9 Å². The zero-order valence-electron chi connectivity index (χ0n) is 16.1. The number of nitrogens with one attached hydrogen (secondary N) is 1. The molecule has 0 radical (unpaired) electrons. The molecule has 0 aromatic heterocycles. The second-order valence-corrected chi connectivity index (χ2v) is 7.43. The normalized spacial score (nSPS) is 16.3. The monoisotopic (exact) mass is 397 g/mol. The van der Waals surface area contributed by atoms with Gasteiger partial charge in [0.2, 0.25) is 0 Å². The Hall–Kier alpha value is -1.83. The largest absolute Gasteiger partial charge is 0.489 e. The van der Waals surface area contributed by atoms with Crippen LogP contribution < -0.4 is 10.1 Å². The summed E-state index contributed by atoms with van der Waals surface area (Å²) in [7, 11) is 3.89. The highest BCUT2D eigenvalue weighted by atomic mass is 35.5. The first-order valence-electron chi connectivity index (χ1n) is 9.14. The van der Waals surface area contributed by atoms with Crippen molar-refractivity contribution in [2.75, 3.05) is 40.3 Å². The van der Waals surface area contributed by atoms with Crippen LogP contribution in [0.1, 0.15) is 30.1 Å². The fourth-order valence-corrected chi connectivity index (χ4v) is 3.10. The van der Waals surface area contributed by atoms with Crippen molar-refractivity contribution in [1.82, 2.24) is 15.1 Å². The zero-order valence-corrected chi connectivity index (χ0v) is 16.8. The number of carbonyl (C=O) groups is 2. The minimum Gasteiger partial charge on any atom is -0.489 e. The summed E-state index contributed by atoms with van der Waals surface area (Å²) in [5, 5.41) is 12.6. The Bertz CT molecular complexity index is 658. The van der Waals surface area contributed by atoms with Crippen LogP contribution in [-0.4, -0.2) is 79.2 Å². The number of aliphatic hydroxyl groups is 1. The number of piperidine rings is 1. The molecule has 1 aliphatic heterocycles. The molecule has 27 heavy (non-hydrogen) atoms. The van der Waals surface area contributed by atoms with Gasteiger partial charge in [0.1, 0.15) is 18.0 Å². The van der Waals surface area contributed by atoms with Crippen LogP contribution in [0.2, 0.25) is 5.02 Å². The fourth-order valence-electron chi connectivity index (χ4n) is 2.87. The van der Waals surface area contributed by atoms with E-state index in [0.717, 1.165) is 6.54 Å². The van der Waals surface area contributed by atoms with Gasteiger partial charge in [-0.25, -0.2) is 0 Å². The molecule has 1 aromatic rings. The molecule has 1 aliphatic rings. The molecular formula is C19H28ClN3O4. The number of ether oxygens (including phenoxy) is 1. The lowest BCUT2D eigenvalue weighted by atomic mass is 10.1. The summed E-state index contributed by atoms with van der Waals surface area (Å²) in [5.41, 5.74) is 0.489. The van der Waals surface area contributed by atoms with Gasteiger partial charge < -0.3 is 25.0 Å². The van der Waals surface area contributed by atoms with Crippen molar-refractivity contribution in [2.45, 2.75) is 32.0 Å². The van der Waals surface area contributed by atoms with E-state index in [4.69, 9.17) is 16.3 Å². The molecule has 1 aromatic carbocycles. The molecule has 150 valence electrons. The summed E-state index contributed by atoms with van der Waals surface area (Å²) in [6.45, 7) is 3.88. The minimum absolute atomic E-state index is 0.0553. The Morgan fingerprint density at radius 1 is 1.37 bits per heavy atom. The molecule has 1 saturated heterocycles. The smallest absolute Gasteiger partial charge is 0.251 e. The SMILES string of the molecule is C[C@H](O)C(=O)N1CCC(Oc2ccc(C(=O)NCCN(C)C)cc2Cl)CC1. The second kappa shape index (κ2) is 9.92. The topological polar surface area (TPSA) is 82.1 Å². The predicted molar refractivity (Wildman–Crippen MR) is 104 cm³/mol. The lowest BCUT2D eigenvalue weighted by Crippen LogP contribution is -2.45. The molecule has 8 heteroatoms. The molecule has 0 spiro atoms. The fraction of sp³-hybridized carbons (Fsp3) is 0.579. The maximum Gasteiger partial charge on any atom is 0.251 e. The van der Waals surface area contributed by atoms with Gasteiger partial charge in [0.25, 0.3) is 11.8 Å². The molecule has 0 bridgehead atoms. The van der Waals surface area contributed by atoms with E-state index in [0.29, 0.717) is 48.8 Å². The molecule has 1 heterocycles. The van der Waals surface area contributed by atoms with Gasteiger partial charge in [-0.05, 0) is 39.2 Å². The average molecular weight is 398 g/mol. The third-order valence-electron chi connectivity index (χ3n) is 4.44. The Morgan fingerprint density at radius 2 is 2.04 bits per heavy atom. The molecule has 0 aliphatic carbocycles. The summed E-state index contributed by atoms with van der Waals surface area (Å²) < 4.78 is 5.95. The predicted octanol–water partition coefficient (Wildman–Crippen LogP) is 1.38. The lowest BCUT2D eigenvalue weighted by Gasteiger charge is -2.33. The number of amides is 2. The van der Waals surface area contributed by atoms with Gasteiger partial charge in [-0.2, -0.15) is 0 Å². The number of likely N-dealkylation sites (tertiary alicyclic amines) is 1. The van der Waals surface area contributed by atoms with Gasteiger partial charge in [-0.3, -0.25) is 9.59 Å². The molecule has 7 nitrogen and oxygen atoms in total. The summed E-state index contributed by atoms with van der Waals surface area (Å²) in [6.07, 6.45) is 0.303. The van der Waals surface area contributed by atoms with Crippen LogP contribution in [-0.2, 0) is 4.79 Å². The first kappa shape index (κ1) is 21.5. The standard InChI is InChI=1S/C19H28ClN3O4/c1-13(24)19(26)23-9-6-15(7-10-23)27-17-5-4-14(12-16(17)20)18(25)21-8-11-22(2)3/h4-5,12-13,15,24H,6-11H2,1-3H3,(H,21,25)/t13-/m0/s1. The minimum atomic E-state index is -0.978. The van der Waals surface area contributed by atoms with Crippen LogP contribution in [0.5, 0.6) is 5.75 Å². The molecule has 1 fully saturated rings. The summed E-state index contributed by atoms with van der Waals surface area (Å²) in [6, 6.07) is 5.00. The van der Waals surface area contributed by atoms with Gasteiger partial charge in [0.05, 0.1) is 5.02 Å². The number of hydrogen-bond acceptors (Lipinski definition) is 5. The first-order valence-corrected chi connectivity index (χ1v) is 9.51. The van der Waals surface area contributed by atoms with Crippen LogP contribution in [0.25, 0.3) is 0 Å². The van der Waals surface area contributed by atoms with E-state index >= 15 is 0 Å². The molecule has 2 N–H and O–H groups in total. The van der Waals surface area contributed by atoms with Crippen molar-refractivity contribution in [3.05, 3.63) is 28.8 Å². The van der Waals surface area contributed by atoms with Crippen LogP contribution in [0.15, 0.2) is 18.2 Å². The van der Waals surface area contributed by atoms with E-state index in [1.54, 1.807) is 23.1 Å². The maximum absolute atomic E-state index is 12.1. The van der Waals surface area contributed by atoms with Gasteiger partial charge in [0.15, 0.2) is 0 Å². The highest BCUT2D eigenvalue weighted by Gasteiger charge is 2.26. The van der Waals surface area contributed by atoms with Crippen molar-refractivity contribution < 1.29 is 19.4 Å². The zero-order chi connectivity index (χ0) is 20.0. The number of carbonyl (C=O) groups excluding carboxylic acids is 2. The third-order valence-corrected chi connectivity index (χ3v) is 4.74. The van der Waals surface area contributed by atoms with Crippen molar-refractivity contribution in [1.29, 1.82) is 0 Å². The Labute approximate surface area is 165 Å². The van der Waals surface area contributed by atoms with Crippen molar-refractivity contribution in [3.63, 3.8) is 0 Å². The van der Waals surface area contributed by atoms with Gasteiger partial charge in [0, 0.05) is 44.6 Å². The quantitative estimate of drug-likeness (QED) is 0.726. The van der Waals surface area contributed by atoms with Gasteiger partial charge in [-0.1, -0.05) is 11.6 Å². The molecule has 2 amide bonds. The number of hydrogen-bond donors (Lipinski definition) is 2. The van der Waals surface area contributed by atoms with E-state index in [1.807, 2.05) is 19.0 Å². The highest BCUT2D eigenvalue weighted by Crippen LogP contribution is 2.28. The van der Waals surface area contributed by atoms with Gasteiger partial charge in [-0.15, -0.1) is 0 Å². The number of aliphatic hydroxyl groups excluding tert-OH is 1. The summed E-state index contributed by atoms with van der Waals surface area (Å²) in [4.78, 5) is 27.6.